The highest BCUT2D eigenvalue weighted by Gasteiger charge is 2.25. The molecular formula is C12H18N2OS. The molecule has 16 heavy (non-hydrogen) atoms. The molecule has 1 amide bonds. The molecule has 0 saturated carbocycles. The van der Waals surface area contributed by atoms with Crippen molar-refractivity contribution < 1.29 is 4.79 Å². The number of nitrogens with one attached hydrogen (secondary N) is 1. The number of thiophene rings is 1. The van der Waals surface area contributed by atoms with Gasteiger partial charge in [-0.15, -0.1) is 11.3 Å². The van der Waals surface area contributed by atoms with Crippen LogP contribution in [0.1, 0.15) is 27.0 Å². The number of carbonyl (C=O) groups is 1. The molecule has 0 spiro atoms. The molecular weight excluding hydrogens is 220 g/mol. The van der Waals surface area contributed by atoms with Crippen molar-refractivity contribution in [2.75, 3.05) is 19.6 Å². The average molecular weight is 238 g/mol. The summed E-state index contributed by atoms with van der Waals surface area (Å²) in [7, 11) is 0. The van der Waals surface area contributed by atoms with Crippen LogP contribution in [0.4, 0.5) is 0 Å². The van der Waals surface area contributed by atoms with Crippen molar-refractivity contribution in [2.45, 2.75) is 26.8 Å². The van der Waals surface area contributed by atoms with Crippen LogP contribution in [-0.4, -0.2) is 36.5 Å². The first-order valence-corrected chi connectivity index (χ1v) is 6.50. The molecule has 1 N–H and O–H groups in total. The maximum atomic E-state index is 12.3. The van der Waals surface area contributed by atoms with Crippen molar-refractivity contribution in [3.63, 3.8) is 0 Å². The number of nitrogens with zero attached hydrogens (tertiary/aromatic N) is 1. The van der Waals surface area contributed by atoms with Gasteiger partial charge in [0, 0.05) is 30.6 Å². The smallest absolute Gasteiger partial charge is 0.264 e. The van der Waals surface area contributed by atoms with Crippen LogP contribution < -0.4 is 5.32 Å². The monoisotopic (exact) mass is 238 g/mol. The normalized spacial score (nSPS) is 21.2. The Kier molecular flexibility index (Phi) is 3.30. The summed E-state index contributed by atoms with van der Waals surface area (Å²) in [6.07, 6.45) is 0. The first kappa shape index (κ1) is 11.6. The highest BCUT2D eigenvalue weighted by Crippen LogP contribution is 2.23. The maximum absolute atomic E-state index is 12.3. The van der Waals surface area contributed by atoms with Crippen LogP contribution in [0.2, 0.25) is 0 Å². The number of amides is 1. The minimum Gasteiger partial charge on any atom is -0.333 e. The number of rotatable bonds is 1. The minimum absolute atomic E-state index is 0.190. The van der Waals surface area contributed by atoms with Crippen LogP contribution in [-0.2, 0) is 0 Å². The molecule has 0 aromatic carbocycles. The van der Waals surface area contributed by atoms with E-state index in [-0.39, 0.29) is 5.91 Å². The van der Waals surface area contributed by atoms with Gasteiger partial charge >= 0.3 is 0 Å². The molecule has 4 heteroatoms. The Morgan fingerprint density at radius 2 is 2.31 bits per heavy atom. The fourth-order valence-electron chi connectivity index (χ4n) is 1.96. The second-order valence-electron chi connectivity index (χ2n) is 4.40. The molecule has 1 fully saturated rings. The zero-order valence-corrected chi connectivity index (χ0v) is 10.9. The first-order chi connectivity index (χ1) is 7.59. The molecule has 0 bridgehead atoms. The van der Waals surface area contributed by atoms with Gasteiger partial charge < -0.3 is 10.2 Å². The third-order valence-electron chi connectivity index (χ3n) is 3.14. The Morgan fingerprint density at radius 1 is 1.56 bits per heavy atom. The van der Waals surface area contributed by atoms with E-state index in [1.807, 2.05) is 11.0 Å². The topological polar surface area (TPSA) is 32.3 Å². The third-order valence-corrected chi connectivity index (χ3v) is 4.28. The van der Waals surface area contributed by atoms with Gasteiger partial charge in [-0.25, -0.2) is 0 Å². The molecule has 88 valence electrons. The molecule has 1 aromatic heterocycles. The lowest BCUT2D eigenvalue weighted by Gasteiger charge is -2.33. The zero-order valence-electron chi connectivity index (χ0n) is 10.0. The second-order valence-corrected chi connectivity index (χ2v) is 5.66. The molecule has 3 nitrogen and oxygen atoms in total. The summed E-state index contributed by atoms with van der Waals surface area (Å²) in [6.45, 7) is 8.84. The fraction of sp³-hybridized carbons (Fsp3) is 0.583. The van der Waals surface area contributed by atoms with Gasteiger partial charge in [0.05, 0.1) is 4.88 Å². The molecule has 0 unspecified atom stereocenters. The van der Waals surface area contributed by atoms with Gasteiger partial charge in [-0.2, -0.15) is 0 Å². The maximum Gasteiger partial charge on any atom is 0.264 e. The van der Waals surface area contributed by atoms with Crippen molar-refractivity contribution in [1.82, 2.24) is 10.2 Å². The Morgan fingerprint density at radius 3 is 2.88 bits per heavy atom. The largest absolute Gasteiger partial charge is 0.333 e. The lowest BCUT2D eigenvalue weighted by atomic mass is 10.2. The number of piperazine rings is 1. The highest BCUT2D eigenvalue weighted by atomic mass is 32.1. The van der Waals surface area contributed by atoms with Crippen molar-refractivity contribution in [1.29, 1.82) is 0 Å². The summed E-state index contributed by atoms with van der Waals surface area (Å²) in [5.74, 6) is 0.190. The minimum atomic E-state index is 0.190. The average Bonchev–Trinajstić information content (AvgIpc) is 2.59. The van der Waals surface area contributed by atoms with E-state index in [9.17, 15) is 4.79 Å². The summed E-state index contributed by atoms with van der Waals surface area (Å²) in [5.41, 5.74) is 1.22. The first-order valence-electron chi connectivity index (χ1n) is 5.68. The van der Waals surface area contributed by atoms with Crippen LogP contribution in [0.5, 0.6) is 0 Å². The molecule has 2 heterocycles. The molecule has 0 aliphatic carbocycles. The van der Waals surface area contributed by atoms with Gasteiger partial charge in [-0.05, 0) is 32.4 Å². The standard InChI is InChI=1S/C12H18N2OS/c1-8-6-11(16-10(8)3)12(15)14-5-4-13-7-9(14)2/h6,9,13H,4-5,7H2,1-3H3/t9-/m1/s1. The Hall–Kier alpha value is -0.870. The van der Waals surface area contributed by atoms with Gasteiger partial charge in [-0.3, -0.25) is 4.79 Å². The van der Waals surface area contributed by atoms with E-state index >= 15 is 0 Å². The third kappa shape index (κ3) is 2.13. The van der Waals surface area contributed by atoms with Gasteiger partial charge in [0.2, 0.25) is 0 Å². The van der Waals surface area contributed by atoms with E-state index in [1.54, 1.807) is 11.3 Å². The van der Waals surface area contributed by atoms with Gasteiger partial charge in [0.1, 0.15) is 0 Å². The lowest BCUT2D eigenvalue weighted by Crippen LogP contribution is -2.52. The molecule has 1 saturated heterocycles. The quantitative estimate of drug-likeness (QED) is 0.809. The number of carbonyl (C=O) groups excluding carboxylic acids is 1. The second kappa shape index (κ2) is 4.55. The number of aryl methyl sites for hydroxylation is 2. The lowest BCUT2D eigenvalue weighted by molar-refractivity contribution is 0.0661. The molecule has 1 aromatic rings. The zero-order chi connectivity index (χ0) is 11.7. The van der Waals surface area contributed by atoms with Crippen LogP contribution in [0.25, 0.3) is 0 Å². The van der Waals surface area contributed by atoms with Gasteiger partial charge in [-0.1, -0.05) is 0 Å². The molecule has 1 aliphatic rings. The molecule has 0 radical (unpaired) electrons. The summed E-state index contributed by atoms with van der Waals surface area (Å²) >= 11 is 1.61. The number of hydrogen-bond acceptors (Lipinski definition) is 3. The van der Waals surface area contributed by atoms with E-state index in [1.165, 1.54) is 10.4 Å². The Balaban J connectivity index is 2.17. The van der Waals surface area contributed by atoms with E-state index in [0.29, 0.717) is 6.04 Å². The van der Waals surface area contributed by atoms with Crippen molar-refractivity contribution in [2.24, 2.45) is 0 Å². The summed E-state index contributed by atoms with van der Waals surface area (Å²) in [6, 6.07) is 2.31. The van der Waals surface area contributed by atoms with Crippen LogP contribution in [0.15, 0.2) is 6.07 Å². The van der Waals surface area contributed by atoms with Gasteiger partial charge in [0.25, 0.3) is 5.91 Å². The Labute approximate surface area is 100 Å². The number of hydrogen-bond donors (Lipinski definition) is 1. The molecule has 1 aliphatic heterocycles. The molecule has 2 rings (SSSR count). The van der Waals surface area contributed by atoms with E-state index in [0.717, 1.165) is 24.5 Å². The highest BCUT2D eigenvalue weighted by molar-refractivity contribution is 7.14. The van der Waals surface area contributed by atoms with E-state index < -0.39 is 0 Å². The van der Waals surface area contributed by atoms with Crippen LogP contribution in [0, 0.1) is 13.8 Å². The van der Waals surface area contributed by atoms with Crippen LogP contribution in [0.3, 0.4) is 0 Å². The SMILES string of the molecule is Cc1cc(C(=O)N2CCNC[C@H]2C)sc1C. The van der Waals surface area contributed by atoms with Crippen molar-refractivity contribution >= 4 is 17.2 Å². The summed E-state index contributed by atoms with van der Waals surface area (Å²) in [5, 5.41) is 3.30. The predicted octanol–water partition coefficient (Wildman–Crippen LogP) is 1.80. The van der Waals surface area contributed by atoms with Gasteiger partial charge in [0.15, 0.2) is 0 Å². The predicted molar refractivity (Wildman–Crippen MR) is 67.2 cm³/mol. The van der Waals surface area contributed by atoms with Crippen molar-refractivity contribution in [3.05, 3.63) is 21.4 Å². The van der Waals surface area contributed by atoms with Crippen LogP contribution >= 0.6 is 11.3 Å². The Bertz CT molecular complexity index is 380. The summed E-state index contributed by atoms with van der Waals surface area (Å²) < 4.78 is 0. The van der Waals surface area contributed by atoms with E-state index in [4.69, 9.17) is 0 Å². The summed E-state index contributed by atoms with van der Waals surface area (Å²) in [4.78, 5) is 16.4. The van der Waals surface area contributed by atoms with E-state index in [2.05, 4.69) is 26.1 Å². The fourth-order valence-corrected chi connectivity index (χ4v) is 2.95. The van der Waals surface area contributed by atoms with Crippen molar-refractivity contribution in [3.8, 4) is 0 Å². The molecule has 1 atom stereocenters.